The number of hydrogen-bond donors (Lipinski definition) is 4. The number of amides is 1. The highest BCUT2D eigenvalue weighted by Gasteiger charge is 2.32. The predicted molar refractivity (Wildman–Crippen MR) is 152 cm³/mol. The summed E-state index contributed by atoms with van der Waals surface area (Å²) in [6.45, 7) is 9.09. The third-order valence-electron chi connectivity index (χ3n) is 7.33. The smallest absolute Gasteiger partial charge is 0.317 e. The van der Waals surface area contributed by atoms with E-state index in [1.807, 2.05) is 27.7 Å². The molecule has 0 aromatic heterocycles. The molecule has 0 aliphatic carbocycles. The van der Waals surface area contributed by atoms with Gasteiger partial charge in [0.25, 0.3) is 5.91 Å². The standard InChI is InChI=1S/C30H38N4O7/c1-6-40-24-11-18-13-34(28(31)20(18)12-21(24)29(39)32-5)15-23(35)17-9-22(30(2,3)4)27(38)25(10-17)41-19-7-8-33(14-19)16-26(36)37/h9-12,19,31,38H,6-8,13-16H2,1-5H3,(H,32,39)(H,36,37). The van der Waals surface area contributed by atoms with Gasteiger partial charge in [0.05, 0.1) is 25.3 Å². The Morgan fingerprint density at radius 3 is 2.49 bits per heavy atom. The summed E-state index contributed by atoms with van der Waals surface area (Å²) in [4.78, 5) is 40.5. The number of phenolic OH excluding ortho intramolecular Hbond substituents is 1. The van der Waals surface area contributed by atoms with Crippen molar-refractivity contribution in [2.24, 2.45) is 0 Å². The SMILES string of the molecule is CCOc1cc2c(cc1C(=O)NC)C(=N)N(CC(=O)c1cc(OC3CCN(CC(=O)O)C3)c(O)c(C(C)(C)C)c1)C2. The Labute approximate surface area is 239 Å². The average molecular weight is 567 g/mol. The lowest BCUT2D eigenvalue weighted by Gasteiger charge is -2.25. The van der Waals surface area contributed by atoms with Crippen molar-refractivity contribution in [2.45, 2.75) is 52.2 Å². The van der Waals surface area contributed by atoms with Gasteiger partial charge in [-0.1, -0.05) is 20.8 Å². The zero-order valence-electron chi connectivity index (χ0n) is 24.2. The fraction of sp³-hybridized carbons (Fsp3) is 0.467. The quantitative estimate of drug-likeness (QED) is 0.318. The second-order valence-electron chi connectivity index (χ2n) is 11.4. The third kappa shape index (κ3) is 6.45. The van der Waals surface area contributed by atoms with Crippen molar-refractivity contribution in [3.8, 4) is 17.2 Å². The Hall–Kier alpha value is -4.12. The number of Topliss-reactive ketones (excluding diaryl/α,β-unsaturated/α-hetero) is 1. The second-order valence-corrected chi connectivity index (χ2v) is 11.4. The molecular weight excluding hydrogens is 528 g/mol. The molecule has 0 radical (unpaired) electrons. The Kier molecular flexibility index (Phi) is 8.58. The monoisotopic (exact) mass is 566 g/mol. The number of carboxylic acids is 1. The van der Waals surface area contributed by atoms with Gasteiger partial charge in [-0.15, -0.1) is 0 Å². The van der Waals surface area contributed by atoms with Gasteiger partial charge in [0.2, 0.25) is 0 Å². The minimum atomic E-state index is -0.912. The van der Waals surface area contributed by atoms with Crippen molar-refractivity contribution in [1.82, 2.24) is 15.1 Å². The third-order valence-corrected chi connectivity index (χ3v) is 7.33. The highest BCUT2D eigenvalue weighted by molar-refractivity contribution is 6.07. The molecule has 1 unspecified atom stereocenters. The molecule has 0 saturated carbocycles. The molecule has 41 heavy (non-hydrogen) atoms. The predicted octanol–water partition coefficient (Wildman–Crippen LogP) is 3.01. The number of ether oxygens (including phenoxy) is 2. The number of fused-ring (bicyclic) bond motifs is 1. The lowest BCUT2D eigenvalue weighted by atomic mass is 9.84. The summed E-state index contributed by atoms with van der Waals surface area (Å²) in [5, 5.41) is 31.5. The van der Waals surface area contributed by atoms with Crippen LogP contribution in [0.5, 0.6) is 17.2 Å². The van der Waals surface area contributed by atoms with Crippen LogP contribution in [-0.2, 0) is 16.8 Å². The number of aromatic hydroxyl groups is 1. The number of aliphatic carboxylic acids is 1. The molecule has 2 aliphatic heterocycles. The van der Waals surface area contributed by atoms with Gasteiger partial charge in [-0.05, 0) is 48.6 Å². The van der Waals surface area contributed by atoms with Gasteiger partial charge in [-0.3, -0.25) is 24.7 Å². The summed E-state index contributed by atoms with van der Waals surface area (Å²) in [7, 11) is 1.53. The molecule has 0 spiro atoms. The van der Waals surface area contributed by atoms with Crippen LogP contribution in [0, 0.1) is 5.41 Å². The zero-order chi connectivity index (χ0) is 30.1. The van der Waals surface area contributed by atoms with E-state index in [2.05, 4.69) is 5.32 Å². The minimum Gasteiger partial charge on any atom is -0.504 e. The van der Waals surface area contributed by atoms with Crippen LogP contribution >= 0.6 is 0 Å². The van der Waals surface area contributed by atoms with E-state index in [-0.39, 0.29) is 48.2 Å². The highest BCUT2D eigenvalue weighted by atomic mass is 16.5. The Morgan fingerprint density at radius 2 is 1.85 bits per heavy atom. The van der Waals surface area contributed by atoms with Crippen LogP contribution < -0.4 is 14.8 Å². The number of ketones is 1. The molecule has 2 aromatic rings. The number of nitrogens with zero attached hydrogens (tertiary/aromatic N) is 2. The zero-order valence-corrected chi connectivity index (χ0v) is 24.2. The van der Waals surface area contributed by atoms with Gasteiger partial charge in [-0.25, -0.2) is 0 Å². The number of nitrogens with one attached hydrogen (secondary N) is 2. The minimum absolute atomic E-state index is 0.0442. The molecule has 4 rings (SSSR count). The largest absolute Gasteiger partial charge is 0.504 e. The van der Waals surface area contributed by atoms with E-state index in [1.165, 1.54) is 13.1 Å². The normalized spacial score (nSPS) is 17.0. The summed E-state index contributed by atoms with van der Waals surface area (Å²) in [5.74, 6) is -0.791. The van der Waals surface area contributed by atoms with Crippen molar-refractivity contribution in [3.63, 3.8) is 0 Å². The molecule has 2 heterocycles. The number of hydrogen-bond acceptors (Lipinski definition) is 8. The first-order valence-electron chi connectivity index (χ1n) is 13.7. The molecule has 1 atom stereocenters. The first kappa shape index (κ1) is 29.9. The molecule has 11 heteroatoms. The van der Waals surface area contributed by atoms with E-state index in [0.717, 1.165) is 5.56 Å². The molecule has 220 valence electrons. The van der Waals surface area contributed by atoms with Crippen LogP contribution in [0.25, 0.3) is 0 Å². The molecule has 2 aromatic carbocycles. The van der Waals surface area contributed by atoms with Crippen LogP contribution in [0.15, 0.2) is 24.3 Å². The van der Waals surface area contributed by atoms with E-state index in [0.29, 0.717) is 60.7 Å². The maximum atomic E-state index is 13.6. The summed E-state index contributed by atoms with van der Waals surface area (Å²) in [6.07, 6.45) is 0.273. The van der Waals surface area contributed by atoms with Crippen LogP contribution in [0.4, 0.5) is 0 Å². The Morgan fingerprint density at radius 1 is 1.12 bits per heavy atom. The number of carbonyl (C=O) groups is 3. The van der Waals surface area contributed by atoms with E-state index in [9.17, 15) is 19.5 Å². The first-order chi connectivity index (χ1) is 19.3. The van der Waals surface area contributed by atoms with Crippen LogP contribution in [0.2, 0.25) is 0 Å². The van der Waals surface area contributed by atoms with Gasteiger partial charge in [0, 0.05) is 43.4 Å². The van der Waals surface area contributed by atoms with Gasteiger partial charge < -0.3 is 29.9 Å². The number of amidine groups is 1. The number of benzene rings is 2. The molecule has 0 bridgehead atoms. The van der Waals surface area contributed by atoms with Crippen molar-refractivity contribution in [3.05, 3.63) is 52.1 Å². The first-order valence-corrected chi connectivity index (χ1v) is 13.7. The van der Waals surface area contributed by atoms with Crippen molar-refractivity contribution >= 4 is 23.5 Å². The summed E-state index contributed by atoms with van der Waals surface area (Å²) in [5.41, 5.74) is 2.08. The molecule has 1 fully saturated rings. The maximum absolute atomic E-state index is 13.6. The Bertz CT molecular complexity index is 1380. The molecule has 2 aliphatic rings. The molecular formula is C30H38N4O7. The van der Waals surface area contributed by atoms with Crippen molar-refractivity contribution in [1.29, 1.82) is 5.41 Å². The van der Waals surface area contributed by atoms with Gasteiger partial charge >= 0.3 is 5.97 Å². The van der Waals surface area contributed by atoms with E-state index in [1.54, 1.807) is 28.0 Å². The van der Waals surface area contributed by atoms with Crippen molar-refractivity contribution < 1.29 is 34.1 Å². The highest BCUT2D eigenvalue weighted by Crippen LogP contribution is 2.40. The number of likely N-dealkylation sites (tertiary alicyclic amines) is 1. The fourth-order valence-electron chi connectivity index (χ4n) is 5.25. The number of phenols is 1. The lowest BCUT2D eigenvalue weighted by Crippen LogP contribution is -2.31. The maximum Gasteiger partial charge on any atom is 0.317 e. The van der Waals surface area contributed by atoms with Crippen molar-refractivity contribution in [2.75, 3.05) is 39.8 Å². The van der Waals surface area contributed by atoms with Gasteiger partial charge in [-0.2, -0.15) is 0 Å². The summed E-state index contributed by atoms with van der Waals surface area (Å²) >= 11 is 0. The van der Waals surface area contributed by atoms with E-state index >= 15 is 0 Å². The molecule has 4 N–H and O–H groups in total. The van der Waals surface area contributed by atoms with E-state index < -0.39 is 11.4 Å². The average Bonchev–Trinajstić information content (AvgIpc) is 3.46. The topological polar surface area (TPSA) is 152 Å². The van der Waals surface area contributed by atoms with Gasteiger partial charge in [0.1, 0.15) is 17.7 Å². The molecule has 1 saturated heterocycles. The lowest BCUT2D eigenvalue weighted by molar-refractivity contribution is -0.138. The van der Waals surface area contributed by atoms with E-state index in [4.69, 9.17) is 20.0 Å². The van der Waals surface area contributed by atoms with Crippen LogP contribution in [0.3, 0.4) is 0 Å². The fourth-order valence-corrected chi connectivity index (χ4v) is 5.25. The summed E-state index contributed by atoms with van der Waals surface area (Å²) in [6, 6.07) is 6.57. The number of carboxylic acid groups (broad SMARTS) is 1. The molecule has 11 nitrogen and oxygen atoms in total. The van der Waals surface area contributed by atoms with Gasteiger partial charge in [0.15, 0.2) is 17.3 Å². The molecule has 1 amide bonds. The second kappa shape index (κ2) is 11.8. The van der Waals surface area contributed by atoms with Crippen LogP contribution in [-0.4, -0.2) is 89.4 Å². The number of carbonyl (C=O) groups excluding carboxylic acids is 2. The van der Waals surface area contributed by atoms with Crippen LogP contribution in [0.1, 0.15) is 71.5 Å². The number of rotatable bonds is 10. The summed E-state index contributed by atoms with van der Waals surface area (Å²) < 4.78 is 11.8. The Balaban J connectivity index is 1.58.